The highest BCUT2D eigenvalue weighted by atomic mass is 32.2. The standard InChI is InChI=1S/C17H25FN2O3S/c1-13(2)12-19(3)17(21)14-7-8-15(18)16(11-14)24(22,23)20-9-5-4-6-10-20/h7-8,11,13H,4-6,9-10,12H2,1-3H3. The predicted molar refractivity (Wildman–Crippen MR) is 90.8 cm³/mol. The first-order chi connectivity index (χ1) is 11.2. The average molecular weight is 356 g/mol. The number of amides is 1. The first-order valence-electron chi connectivity index (χ1n) is 8.28. The molecule has 1 saturated heterocycles. The number of halogens is 1. The van der Waals surface area contributed by atoms with E-state index < -0.39 is 20.7 Å². The van der Waals surface area contributed by atoms with E-state index in [0.717, 1.165) is 25.3 Å². The summed E-state index contributed by atoms with van der Waals surface area (Å²) in [6.07, 6.45) is 2.53. The third kappa shape index (κ3) is 4.13. The van der Waals surface area contributed by atoms with Crippen LogP contribution in [0.5, 0.6) is 0 Å². The molecule has 0 saturated carbocycles. The molecule has 1 fully saturated rings. The number of rotatable bonds is 5. The third-order valence-corrected chi connectivity index (χ3v) is 6.01. The lowest BCUT2D eigenvalue weighted by molar-refractivity contribution is 0.0779. The monoisotopic (exact) mass is 356 g/mol. The van der Waals surface area contributed by atoms with Crippen molar-refractivity contribution in [2.24, 2.45) is 5.92 Å². The van der Waals surface area contributed by atoms with Crippen molar-refractivity contribution in [1.29, 1.82) is 0 Å². The van der Waals surface area contributed by atoms with Crippen molar-refractivity contribution in [2.75, 3.05) is 26.7 Å². The largest absolute Gasteiger partial charge is 0.341 e. The summed E-state index contributed by atoms with van der Waals surface area (Å²) in [5.41, 5.74) is 0.190. The fraction of sp³-hybridized carbons (Fsp3) is 0.588. The maximum absolute atomic E-state index is 14.2. The van der Waals surface area contributed by atoms with E-state index in [1.165, 1.54) is 21.3 Å². The maximum Gasteiger partial charge on any atom is 0.253 e. The lowest BCUT2D eigenvalue weighted by Gasteiger charge is -2.26. The minimum absolute atomic E-state index is 0.190. The van der Waals surface area contributed by atoms with Gasteiger partial charge >= 0.3 is 0 Å². The number of hydrogen-bond donors (Lipinski definition) is 0. The summed E-state index contributed by atoms with van der Waals surface area (Å²) in [6, 6.07) is 3.56. The molecule has 0 aliphatic carbocycles. The van der Waals surface area contributed by atoms with Crippen molar-refractivity contribution in [3.63, 3.8) is 0 Å². The van der Waals surface area contributed by atoms with Crippen molar-refractivity contribution >= 4 is 15.9 Å². The van der Waals surface area contributed by atoms with Crippen molar-refractivity contribution in [2.45, 2.75) is 38.0 Å². The fourth-order valence-electron chi connectivity index (χ4n) is 2.93. The molecule has 2 rings (SSSR count). The minimum atomic E-state index is -3.91. The van der Waals surface area contributed by atoms with Crippen molar-refractivity contribution in [3.05, 3.63) is 29.6 Å². The zero-order valence-corrected chi connectivity index (χ0v) is 15.3. The molecular weight excluding hydrogens is 331 g/mol. The molecule has 0 atom stereocenters. The molecule has 0 spiro atoms. The maximum atomic E-state index is 14.2. The SMILES string of the molecule is CC(C)CN(C)C(=O)c1ccc(F)c(S(=O)(=O)N2CCCCC2)c1. The number of carbonyl (C=O) groups is 1. The molecule has 5 nitrogen and oxygen atoms in total. The van der Waals surface area contributed by atoms with E-state index in [0.29, 0.717) is 19.6 Å². The molecule has 1 amide bonds. The highest BCUT2D eigenvalue weighted by Gasteiger charge is 2.29. The van der Waals surface area contributed by atoms with Gasteiger partial charge in [0, 0.05) is 32.2 Å². The molecule has 24 heavy (non-hydrogen) atoms. The molecular formula is C17H25FN2O3S. The molecule has 0 N–H and O–H groups in total. The van der Waals surface area contributed by atoms with Gasteiger partial charge in [0.05, 0.1) is 0 Å². The van der Waals surface area contributed by atoms with Crippen LogP contribution in [0.1, 0.15) is 43.5 Å². The molecule has 134 valence electrons. The second-order valence-corrected chi connectivity index (χ2v) is 8.60. The Morgan fingerprint density at radius 1 is 1.25 bits per heavy atom. The van der Waals surface area contributed by atoms with E-state index >= 15 is 0 Å². The van der Waals surface area contributed by atoms with Gasteiger partial charge in [0.25, 0.3) is 5.91 Å². The van der Waals surface area contributed by atoms with Gasteiger partial charge in [0.15, 0.2) is 0 Å². The number of piperidine rings is 1. The molecule has 1 aliphatic heterocycles. The van der Waals surface area contributed by atoms with Crippen molar-refractivity contribution < 1.29 is 17.6 Å². The van der Waals surface area contributed by atoms with Crippen molar-refractivity contribution in [3.8, 4) is 0 Å². The Morgan fingerprint density at radius 2 is 1.88 bits per heavy atom. The summed E-state index contributed by atoms with van der Waals surface area (Å²) in [5.74, 6) is -0.835. The lowest BCUT2D eigenvalue weighted by atomic mass is 10.1. The highest BCUT2D eigenvalue weighted by Crippen LogP contribution is 2.24. The number of carbonyl (C=O) groups excluding carboxylic acids is 1. The third-order valence-electron chi connectivity index (χ3n) is 4.10. The smallest absolute Gasteiger partial charge is 0.253 e. The van der Waals surface area contributed by atoms with Crippen LogP contribution in [0.2, 0.25) is 0 Å². The first kappa shape index (κ1) is 18.9. The van der Waals surface area contributed by atoms with Crippen LogP contribution < -0.4 is 0 Å². The number of nitrogens with zero attached hydrogens (tertiary/aromatic N) is 2. The zero-order valence-electron chi connectivity index (χ0n) is 14.5. The Bertz CT molecular complexity index is 698. The van der Waals surface area contributed by atoms with Crippen molar-refractivity contribution in [1.82, 2.24) is 9.21 Å². The van der Waals surface area contributed by atoms with Gasteiger partial charge in [0.2, 0.25) is 10.0 Å². The van der Waals surface area contributed by atoms with Gasteiger partial charge in [-0.15, -0.1) is 0 Å². The zero-order chi connectivity index (χ0) is 17.9. The topological polar surface area (TPSA) is 57.7 Å². The predicted octanol–water partition coefficient (Wildman–Crippen LogP) is 2.73. The van der Waals surface area contributed by atoms with Crippen LogP contribution >= 0.6 is 0 Å². The number of sulfonamides is 1. The van der Waals surface area contributed by atoms with Crippen LogP contribution in [0, 0.1) is 11.7 Å². The summed E-state index contributed by atoms with van der Waals surface area (Å²) >= 11 is 0. The lowest BCUT2D eigenvalue weighted by Crippen LogP contribution is -2.36. The van der Waals surface area contributed by atoms with Gasteiger partial charge < -0.3 is 4.90 Å². The Kier molecular flexibility index (Phi) is 5.98. The van der Waals surface area contributed by atoms with E-state index in [9.17, 15) is 17.6 Å². The summed E-state index contributed by atoms with van der Waals surface area (Å²) < 4.78 is 40.9. The Labute approximate surface area is 143 Å². The van der Waals surface area contributed by atoms with Crippen LogP contribution in [-0.2, 0) is 10.0 Å². The fourth-order valence-corrected chi connectivity index (χ4v) is 4.54. The van der Waals surface area contributed by atoms with Crippen LogP contribution in [0.4, 0.5) is 4.39 Å². The Hall–Kier alpha value is -1.47. The van der Waals surface area contributed by atoms with Crippen LogP contribution in [0.25, 0.3) is 0 Å². The van der Waals surface area contributed by atoms with Gasteiger partial charge in [-0.1, -0.05) is 20.3 Å². The Morgan fingerprint density at radius 3 is 2.46 bits per heavy atom. The van der Waals surface area contributed by atoms with Gasteiger partial charge in [0.1, 0.15) is 10.7 Å². The second-order valence-electron chi connectivity index (χ2n) is 6.69. The molecule has 0 radical (unpaired) electrons. The molecule has 7 heteroatoms. The van der Waals surface area contributed by atoms with Gasteiger partial charge in [-0.05, 0) is 37.0 Å². The molecule has 1 aliphatic rings. The summed E-state index contributed by atoms with van der Waals surface area (Å²) in [4.78, 5) is 13.6. The summed E-state index contributed by atoms with van der Waals surface area (Å²) in [5, 5.41) is 0. The van der Waals surface area contributed by atoms with E-state index in [1.807, 2.05) is 13.8 Å². The summed E-state index contributed by atoms with van der Waals surface area (Å²) in [7, 11) is -2.25. The summed E-state index contributed by atoms with van der Waals surface area (Å²) in [6.45, 7) is 5.31. The average Bonchev–Trinajstić information content (AvgIpc) is 2.54. The second kappa shape index (κ2) is 7.61. The first-order valence-corrected chi connectivity index (χ1v) is 9.72. The van der Waals surface area contributed by atoms with Crippen LogP contribution in [0.3, 0.4) is 0 Å². The molecule has 1 aromatic carbocycles. The molecule has 0 bridgehead atoms. The number of benzene rings is 1. The van der Waals surface area contributed by atoms with Gasteiger partial charge in [-0.25, -0.2) is 12.8 Å². The van der Waals surface area contributed by atoms with E-state index in [-0.39, 0.29) is 17.4 Å². The van der Waals surface area contributed by atoms with E-state index in [4.69, 9.17) is 0 Å². The number of hydrogen-bond acceptors (Lipinski definition) is 3. The van der Waals surface area contributed by atoms with Crippen LogP contribution in [0.15, 0.2) is 23.1 Å². The van der Waals surface area contributed by atoms with E-state index in [1.54, 1.807) is 7.05 Å². The molecule has 1 aromatic rings. The molecule has 1 heterocycles. The quantitative estimate of drug-likeness (QED) is 0.815. The highest BCUT2D eigenvalue weighted by molar-refractivity contribution is 7.89. The molecule has 0 unspecified atom stereocenters. The van der Waals surface area contributed by atoms with E-state index in [2.05, 4.69) is 0 Å². The van der Waals surface area contributed by atoms with Gasteiger partial charge in [-0.3, -0.25) is 4.79 Å². The van der Waals surface area contributed by atoms with Crippen LogP contribution in [-0.4, -0.2) is 50.2 Å². The van der Waals surface area contributed by atoms with Gasteiger partial charge in [-0.2, -0.15) is 4.31 Å². The Balaban J connectivity index is 2.33. The minimum Gasteiger partial charge on any atom is -0.341 e. The molecule has 0 aromatic heterocycles. The normalized spacial score (nSPS) is 16.4.